The SMILES string of the molecule is COc1cnc2c(Nc3ccc(F)c([C@@]4(C)N=C(N)[C@@]5(CF)CC[C@H]4CS5(=O)=O)c3)nccc2n1. The van der Waals surface area contributed by atoms with Crippen LogP contribution in [0.15, 0.2) is 41.7 Å². The molecule has 9 nitrogen and oxygen atoms in total. The molecule has 0 saturated carbocycles. The van der Waals surface area contributed by atoms with Gasteiger partial charge in [0.15, 0.2) is 20.4 Å². The predicted molar refractivity (Wildman–Crippen MR) is 128 cm³/mol. The summed E-state index contributed by atoms with van der Waals surface area (Å²) in [7, 11) is -2.41. The van der Waals surface area contributed by atoms with E-state index in [0.29, 0.717) is 34.8 Å². The van der Waals surface area contributed by atoms with Crippen molar-refractivity contribution >= 4 is 38.2 Å². The number of hydrogen-bond donors (Lipinski definition) is 2. The maximum absolute atomic E-state index is 15.2. The lowest BCUT2D eigenvalue weighted by atomic mass is 9.78. The van der Waals surface area contributed by atoms with Gasteiger partial charge in [-0.05, 0) is 44.0 Å². The van der Waals surface area contributed by atoms with E-state index in [1.54, 1.807) is 25.3 Å². The van der Waals surface area contributed by atoms with Crippen LogP contribution in [0, 0.1) is 11.7 Å². The van der Waals surface area contributed by atoms with Crippen LogP contribution in [0.25, 0.3) is 11.0 Å². The number of methoxy groups -OCH3 is 1. The first-order valence-corrected chi connectivity index (χ1v) is 12.7. The Morgan fingerprint density at radius 2 is 2.09 bits per heavy atom. The molecular formula is C23H24F2N6O3S. The van der Waals surface area contributed by atoms with E-state index in [2.05, 4.69) is 25.3 Å². The second kappa shape index (κ2) is 8.08. The molecule has 0 unspecified atom stereocenters. The first-order valence-electron chi connectivity index (χ1n) is 11.0. The number of nitrogens with zero attached hydrogens (tertiary/aromatic N) is 4. The summed E-state index contributed by atoms with van der Waals surface area (Å²) in [6, 6.07) is 6.04. The van der Waals surface area contributed by atoms with Gasteiger partial charge in [0, 0.05) is 23.4 Å². The van der Waals surface area contributed by atoms with Crippen molar-refractivity contribution in [3.05, 3.63) is 48.0 Å². The number of pyridine rings is 1. The number of fused-ring (bicyclic) bond motifs is 4. The third-order valence-corrected chi connectivity index (χ3v) is 9.72. The summed E-state index contributed by atoms with van der Waals surface area (Å²) in [5.41, 5.74) is 6.48. The first-order chi connectivity index (χ1) is 16.6. The molecule has 0 radical (unpaired) electrons. The molecule has 2 bridgehead atoms. The maximum Gasteiger partial charge on any atom is 0.232 e. The van der Waals surface area contributed by atoms with Gasteiger partial charge in [0.2, 0.25) is 5.88 Å². The zero-order valence-corrected chi connectivity index (χ0v) is 19.9. The van der Waals surface area contributed by atoms with E-state index in [1.165, 1.54) is 25.4 Å². The average Bonchev–Trinajstić information content (AvgIpc) is 2.98. The van der Waals surface area contributed by atoms with Crippen molar-refractivity contribution in [1.29, 1.82) is 0 Å². The minimum absolute atomic E-state index is 0.0169. The van der Waals surface area contributed by atoms with Gasteiger partial charge < -0.3 is 15.8 Å². The van der Waals surface area contributed by atoms with Crippen LogP contribution >= 0.6 is 0 Å². The number of benzene rings is 1. The van der Waals surface area contributed by atoms with Gasteiger partial charge in [0.05, 0.1) is 30.1 Å². The van der Waals surface area contributed by atoms with Gasteiger partial charge >= 0.3 is 0 Å². The van der Waals surface area contributed by atoms with Crippen molar-refractivity contribution in [2.75, 3.05) is 24.9 Å². The Kier molecular flexibility index (Phi) is 5.38. The molecule has 12 heteroatoms. The lowest BCUT2D eigenvalue weighted by Crippen LogP contribution is -2.55. The fourth-order valence-corrected chi connectivity index (χ4v) is 7.29. The number of alkyl halides is 1. The topological polar surface area (TPSA) is 132 Å². The third-order valence-electron chi connectivity index (χ3n) is 7.16. The van der Waals surface area contributed by atoms with Crippen LogP contribution < -0.4 is 15.8 Å². The Hall–Kier alpha value is -3.41. The van der Waals surface area contributed by atoms with Crippen LogP contribution in [-0.2, 0) is 15.4 Å². The fourth-order valence-electron chi connectivity index (χ4n) is 4.99. The summed E-state index contributed by atoms with van der Waals surface area (Å²) in [6.45, 7) is 0.492. The van der Waals surface area contributed by atoms with Crippen LogP contribution in [0.3, 0.4) is 0 Å². The number of halogens is 2. The molecule has 0 amide bonds. The number of ether oxygens (including phenoxy) is 1. The van der Waals surface area contributed by atoms with Gasteiger partial charge in [-0.25, -0.2) is 32.2 Å². The van der Waals surface area contributed by atoms with Gasteiger partial charge in [-0.15, -0.1) is 0 Å². The summed E-state index contributed by atoms with van der Waals surface area (Å²) < 4.78 is 58.5. The summed E-state index contributed by atoms with van der Waals surface area (Å²) in [5.74, 6) is -1.01. The average molecular weight is 503 g/mol. The van der Waals surface area contributed by atoms with Crippen LogP contribution in [0.2, 0.25) is 0 Å². The highest BCUT2D eigenvalue weighted by Crippen LogP contribution is 2.49. The van der Waals surface area contributed by atoms with Crippen molar-refractivity contribution in [2.24, 2.45) is 16.6 Å². The number of hydrogen-bond acceptors (Lipinski definition) is 9. The summed E-state index contributed by atoms with van der Waals surface area (Å²) in [6.07, 6.45) is 3.39. The predicted octanol–water partition coefficient (Wildman–Crippen LogP) is 3.04. The van der Waals surface area contributed by atoms with E-state index in [9.17, 15) is 12.8 Å². The molecule has 3 N–H and O–H groups in total. The number of aliphatic imine (C=N–C) groups is 1. The molecule has 5 heterocycles. The molecule has 6 rings (SSSR count). The molecule has 184 valence electrons. The highest BCUT2D eigenvalue weighted by Gasteiger charge is 2.58. The van der Waals surface area contributed by atoms with E-state index in [0.717, 1.165) is 0 Å². The second-order valence-electron chi connectivity index (χ2n) is 9.05. The monoisotopic (exact) mass is 502 g/mol. The zero-order chi connectivity index (χ0) is 25.0. The summed E-state index contributed by atoms with van der Waals surface area (Å²) >= 11 is 0. The Morgan fingerprint density at radius 3 is 2.80 bits per heavy atom. The van der Waals surface area contributed by atoms with E-state index < -0.39 is 38.5 Å². The fraction of sp³-hybridized carbons (Fsp3) is 0.391. The van der Waals surface area contributed by atoms with Crippen molar-refractivity contribution in [3.63, 3.8) is 0 Å². The summed E-state index contributed by atoms with van der Waals surface area (Å²) in [5, 5.41) is 3.13. The van der Waals surface area contributed by atoms with Gasteiger partial charge in [0.1, 0.15) is 23.8 Å². The third kappa shape index (κ3) is 3.49. The van der Waals surface area contributed by atoms with Gasteiger partial charge in [-0.3, -0.25) is 4.99 Å². The maximum atomic E-state index is 15.2. The van der Waals surface area contributed by atoms with E-state index in [-0.39, 0.29) is 23.6 Å². The molecule has 3 aliphatic heterocycles. The standard InChI is InChI=1S/C23H24F2N6O3S/c1-22(13-5-7-23(12-24,21(26)31-22)35(32,33)11-13)15-9-14(3-4-16(15)25)29-20-19-17(6-8-27-20)30-18(34-2)10-28-19/h3-4,6,8-10,13H,5,7,11-12H2,1-2H3,(H2,26,31)(H,27,29)/t13-,22-,23-/m0/s1. The highest BCUT2D eigenvalue weighted by molar-refractivity contribution is 7.93. The number of rotatable bonds is 5. The molecule has 0 aliphatic carbocycles. The van der Waals surface area contributed by atoms with Crippen molar-refractivity contribution < 1.29 is 21.9 Å². The molecular weight excluding hydrogens is 478 g/mol. The van der Waals surface area contributed by atoms with Crippen molar-refractivity contribution in [1.82, 2.24) is 15.0 Å². The first kappa shape index (κ1) is 23.3. The molecule has 35 heavy (non-hydrogen) atoms. The lowest BCUT2D eigenvalue weighted by Gasteiger charge is -2.37. The number of anilines is 2. The number of sulfone groups is 1. The molecule has 3 aromatic rings. The Bertz CT molecular complexity index is 1470. The zero-order valence-electron chi connectivity index (χ0n) is 19.1. The quantitative estimate of drug-likeness (QED) is 0.544. The van der Waals surface area contributed by atoms with E-state index in [1.807, 2.05) is 0 Å². The number of nitrogens with two attached hydrogens (primary N) is 1. The number of amidine groups is 1. The molecule has 2 aromatic heterocycles. The minimum atomic E-state index is -3.91. The van der Waals surface area contributed by atoms with Gasteiger partial charge in [-0.1, -0.05) is 0 Å². The molecule has 1 saturated heterocycles. The molecule has 0 spiro atoms. The number of nitrogens with one attached hydrogen (secondary N) is 1. The Morgan fingerprint density at radius 1 is 1.29 bits per heavy atom. The van der Waals surface area contributed by atoms with Crippen LogP contribution in [0.4, 0.5) is 20.3 Å². The van der Waals surface area contributed by atoms with Crippen LogP contribution in [-0.4, -0.2) is 53.5 Å². The molecule has 1 fully saturated rings. The largest absolute Gasteiger partial charge is 0.480 e. The number of aromatic nitrogens is 3. The summed E-state index contributed by atoms with van der Waals surface area (Å²) in [4.78, 5) is 17.5. The lowest BCUT2D eigenvalue weighted by molar-refractivity contribution is 0.283. The Labute approximate surface area is 200 Å². The van der Waals surface area contributed by atoms with Crippen LogP contribution in [0.5, 0.6) is 5.88 Å². The van der Waals surface area contributed by atoms with Crippen molar-refractivity contribution in [3.8, 4) is 5.88 Å². The van der Waals surface area contributed by atoms with Gasteiger partial charge in [0.25, 0.3) is 0 Å². The Balaban J connectivity index is 1.58. The minimum Gasteiger partial charge on any atom is -0.480 e. The normalized spacial score (nSPS) is 27.3. The second-order valence-corrected chi connectivity index (χ2v) is 11.4. The molecule has 1 aromatic carbocycles. The molecule has 3 aliphatic rings. The van der Waals surface area contributed by atoms with E-state index in [4.69, 9.17) is 10.5 Å². The molecule has 3 atom stereocenters. The van der Waals surface area contributed by atoms with Crippen molar-refractivity contribution in [2.45, 2.75) is 30.1 Å². The smallest absolute Gasteiger partial charge is 0.232 e. The van der Waals surface area contributed by atoms with E-state index >= 15 is 4.39 Å². The highest BCUT2D eigenvalue weighted by atomic mass is 32.2. The van der Waals surface area contributed by atoms with Crippen LogP contribution in [0.1, 0.15) is 25.3 Å². The van der Waals surface area contributed by atoms with Gasteiger partial charge in [-0.2, -0.15) is 0 Å².